The van der Waals surface area contributed by atoms with Crippen molar-refractivity contribution in [2.45, 2.75) is 6.42 Å². The molecular weight excluding hydrogens is 410 g/mol. The number of ether oxygens (including phenoxy) is 3. The van der Waals surface area contributed by atoms with E-state index in [1.165, 1.54) is 16.7 Å². The van der Waals surface area contributed by atoms with Crippen molar-refractivity contribution in [1.29, 1.82) is 0 Å². The van der Waals surface area contributed by atoms with Crippen LogP contribution in [0.5, 0.6) is 5.75 Å². The van der Waals surface area contributed by atoms with E-state index in [1.54, 1.807) is 18.4 Å². The predicted octanol–water partition coefficient (Wildman–Crippen LogP) is 3.42. The van der Waals surface area contributed by atoms with E-state index in [4.69, 9.17) is 14.2 Å². The van der Waals surface area contributed by atoms with E-state index in [2.05, 4.69) is 56.6 Å². The molecule has 1 aliphatic carbocycles. The number of thiophene rings is 1. The monoisotopic (exact) mass is 435 g/mol. The largest absolute Gasteiger partial charge is 0.492 e. The number of rotatable bonds is 6. The standard InChI is InChI=1S/C24H25N3O3S/c1-28-9-2-3-20-14-18(16-31-20)23-22-15-17-13-19(4-5-21(17)24(22)26-25-23)30-12-8-27-6-10-29-11-7-27/h4-5,13-14,16H,6-12,15H2,1H3,(H,25,26). The van der Waals surface area contributed by atoms with E-state index >= 15 is 0 Å². The number of H-pyrrole nitrogens is 1. The van der Waals surface area contributed by atoms with Crippen molar-refractivity contribution in [2.75, 3.05) is 53.2 Å². The van der Waals surface area contributed by atoms with Gasteiger partial charge in [0.2, 0.25) is 0 Å². The summed E-state index contributed by atoms with van der Waals surface area (Å²) in [6.45, 7) is 5.67. The van der Waals surface area contributed by atoms with Gasteiger partial charge >= 0.3 is 0 Å². The summed E-state index contributed by atoms with van der Waals surface area (Å²) in [5.74, 6) is 7.08. The van der Waals surface area contributed by atoms with Crippen LogP contribution in [-0.2, 0) is 15.9 Å². The Kier molecular flexibility index (Phi) is 6.05. The van der Waals surface area contributed by atoms with Crippen LogP contribution in [0.25, 0.3) is 22.5 Å². The molecule has 5 rings (SSSR count). The third-order valence-electron chi connectivity index (χ3n) is 5.66. The second-order valence-electron chi connectivity index (χ2n) is 7.66. The molecule has 1 aliphatic heterocycles. The van der Waals surface area contributed by atoms with Crippen molar-refractivity contribution in [3.05, 3.63) is 45.6 Å². The lowest BCUT2D eigenvalue weighted by Crippen LogP contribution is -2.38. The van der Waals surface area contributed by atoms with Gasteiger partial charge in [0.05, 0.1) is 29.5 Å². The third kappa shape index (κ3) is 4.39. The number of nitrogens with zero attached hydrogens (tertiary/aromatic N) is 2. The molecule has 1 aromatic carbocycles. The number of morpholine rings is 1. The van der Waals surface area contributed by atoms with E-state index in [0.29, 0.717) is 13.2 Å². The van der Waals surface area contributed by atoms with Gasteiger partial charge in [-0.15, -0.1) is 11.3 Å². The number of hydrogen-bond acceptors (Lipinski definition) is 6. The molecule has 2 aromatic heterocycles. The molecule has 6 nitrogen and oxygen atoms in total. The maximum absolute atomic E-state index is 6.04. The van der Waals surface area contributed by atoms with Crippen molar-refractivity contribution >= 4 is 11.3 Å². The van der Waals surface area contributed by atoms with Gasteiger partial charge in [-0.05, 0) is 29.8 Å². The van der Waals surface area contributed by atoms with Gasteiger partial charge in [0.1, 0.15) is 19.0 Å². The van der Waals surface area contributed by atoms with Crippen molar-refractivity contribution in [1.82, 2.24) is 15.1 Å². The molecule has 3 heterocycles. The molecule has 0 radical (unpaired) electrons. The summed E-state index contributed by atoms with van der Waals surface area (Å²) in [5.41, 5.74) is 6.97. The lowest BCUT2D eigenvalue weighted by molar-refractivity contribution is 0.0322. The van der Waals surface area contributed by atoms with Gasteiger partial charge < -0.3 is 14.2 Å². The zero-order chi connectivity index (χ0) is 21.0. The van der Waals surface area contributed by atoms with Crippen LogP contribution >= 0.6 is 11.3 Å². The molecule has 0 unspecified atom stereocenters. The fraction of sp³-hybridized carbons (Fsp3) is 0.375. The van der Waals surface area contributed by atoms with Gasteiger partial charge in [-0.3, -0.25) is 10.00 Å². The molecule has 0 saturated carbocycles. The fourth-order valence-corrected chi connectivity index (χ4v) is 4.84. The SMILES string of the molecule is COCC#Cc1cc(-c2n[nH]c3c2Cc2cc(OCCN4CCOCC4)ccc2-3)cs1. The van der Waals surface area contributed by atoms with Gasteiger partial charge in [-0.25, -0.2) is 0 Å². The minimum Gasteiger partial charge on any atom is -0.492 e. The van der Waals surface area contributed by atoms with Crippen molar-refractivity contribution in [3.8, 4) is 40.1 Å². The Bertz CT molecular complexity index is 1120. The summed E-state index contributed by atoms with van der Waals surface area (Å²) in [6.07, 6.45) is 0.859. The quantitative estimate of drug-likeness (QED) is 0.471. The van der Waals surface area contributed by atoms with Crippen molar-refractivity contribution < 1.29 is 14.2 Å². The molecule has 0 amide bonds. The smallest absolute Gasteiger partial charge is 0.119 e. The van der Waals surface area contributed by atoms with Gasteiger partial charge in [-0.2, -0.15) is 5.10 Å². The maximum atomic E-state index is 6.04. The van der Waals surface area contributed by atoms with Crippen LogP contribution in [0.1, 0.15) is 16.0 Å². The average Bonchev–Trinajstić information content (AvgIpc) is 3.50. The molecule has 1 saturated heterocycles. The van der Waals surface area contributed by atoms with Gasteiger partial charge in [0, 0.05) is 55.2 Å². The molecule has 160 valence electrons. The Morgan fingerprint density at radius 2 is 2.16 bits per heavy atom. The number of methoxy groups -OCH3 is 1. The Hall–Kier alpha value is -2.63. The Balaban J connectivity index is 1.27. The predicted molar refractivity (Wildman–Crippen MR) is 122 cm³/mol. The van der Waals surface area contributed by atoms with Gasteiger partial charge in [0.15, 0.2) is 0 Å². The van der Waals surface area contributed by atoms with E-state index in [0.717, 1.165) is 66.8 Å². The Morgan fingerprint density at radius 1 is 1.26 bits per heavy atom. The molecular formula is C24H25N3O3S. The van der Waals surface area contributed by atoms with E-state index in [-0.39, 0.29) is 0 Å². The van der Waals surface area contributed by atoms with E-state index < -0.39 is 0 Å². The number of aromatic amines is 1. The Morgan fingerprint density at radius 3 is 3.03 bits per heavy atom. The zero-order valence-corrected chi connectivity index (χ0v) is 18.4. The summed E-state index contributed by atoms with van der Waals surface area (Å²) in [6, 6.07) is 8.47. The molecule has 2 aliphatic rings. The van der Waals surface area contributed by atoms with Crippen LogP contribution in [0.3, 0.4) is 0 Å². The summed E-state index contributed by atoms with van der Waals surface area (Å²) in [5, 5.41) is 9.97. The molecule has 0 atom stereocenters. The van der Waals surface area contributed by atoms with Crippen LogP contribution < -0.4 is 4.74 Å². The number of benzene rings is 1. The van der Waals surface area contributed by atoms with Crippen molar-refractivity contribution in [3.63, 3.8) is 0 Å². The first-order valence-electron chi connectivity index (χ1n) is 10.5. The van der Waals surface area contributed by atoms with Crippen molar-refractivity contribution in [2.24, 2.45) is 0 Å². The first-order chi connectivity index (χ1) is 15.3. The Labute approximate surface area is 186 Å². The van der Waals surface area contributed by atoms with Gasteiger partial charge in [-0.1, -0.05) is 11.8 Å². The fourth-order valence-electron chi connectivity index (χ4n) is 4.08. The lowest BCUT2D eigenvalue weighted by Gasteiger charge is -2.26. The van der Waals surface area contributed by atoms with E-state index in [1.807, 2.05) is 0 Å². The number of nitrogens with one attached hydrogen (secondary N) is 1. The first kappa shape index (κ1) is 20.3. The summed E-state index contributed by atoms with van der Waals surface area (Å²) >= 11 is 1.64. The third-order valence-corrected chi connectivity index (χ3v) is 6.51. The highest BCUT2D eigenvalue weighted by molar-refractivity contribution is 7.11. The molecule has 0 bridgehead atoms. The van der Waals surface area contributed by atoms with Gasteiger partial charge in [0.25, 0.3) is 0 Å². The molecule has 3 aromatic rings. The highest BCUT2D eigenvalue weighted by Crippen LogP contribution is 2.42. The molecule has 7 heteroatoms. The molecule has 0 spiro atoms. The molecule has 31 heavy (non-hydrogen) atoms. The normalized spacial score (nSPS) is 15.3. The van der Waals surface area contributed by atoms with Crippen LogP contribution in [-0.4, -0.2) is 68.3 Å². The minimum atomic E-state index is 0.442. The summed E-state index contributed by atoms with van der Waals surface area (Å²) in [4.78, 5) is 3.41. The van der Waals surface area contributed by atoms with Crippen LogP contribution in [0.4, 0.5) is 0 Å². The minimum absolute atomic E-state index is 0.442. The average molecular weight is 436 g/mol. The maximum Gasteiger partial charge on any atom is 0.119 e. The second-order valence-corrected chi connectivity index (χ2v) is 8.57. The van der Waals surface area contributed by atoms with Crippen LogP contribution in [0, 0.1) is 11.8 Å². The molecule has 1 fully saturated rings. The molecule has 1 N–H and O–H groups in total. The highest BCUT2D eigenvalue weighted by atomic mass is 32.1. The first-order valence-corrected chi connectivity index (χ1v) is 11.4. The second kappa shape index (κ2) is 9.25. The van der Waals surface area contributed by atoms with E-state index in [9.17, 15) is 0 Å². The highest BCUT2D eigenvalue weighted by Gasteiger charge is 2.26. The zero-order valence-electron chi connectivity index (χ0n) is 17.6. The number of fused-ring (bicyclic) bond motifs is 3. The lowest BCUT2D eigenvalue weighted by atomic mass is 10.1. The number of hydrogen-bond donors (Lipinski definition) is 1. The topological polar surface area (TPSA) is 59.6 Å². The number of aromatic nitrogens is 2. The van der Waals surface area contributed by atoms with Crippen LogP contribution in [0.2, 0.25) is 0 Å². The summed E-state index contributed by atoms with van der Waals surface area (Å²) in [7, 11) is 1.65. The van der Waals surface area contributed by atoms with Crippen LogP contribution in [0.15, 0.2) is 29.6 Å². The summed E-state index contributed by atoms with van der Waals surface area (Å²) < 4.78 is 16.4.